The molecule has 0 radical (unpaired) electrons. The van der Waals surface area contributed by atoms with E-state index in [-0.39, 0.29) is 11.0 Å². The molecule has 0 N–H and O–H groups in total. The molecule has 4 aliphatic carbocycles. The Balaban J connectivity index is 1.58. The summed E-state index contributed by atoms with van der Waals surface area (Å²) >= 11 is 1.94. The minimum Gasteiger partial charge on any atom is -0.368 e. The Kier molecular flexibility index (Phi) is 1.95. The van der Waals surface area contributed by atoms with E-state index in [1.54, 1.807) is 0 Å². The van der Waals surface area contributed by atoms with Crippen molar-refractivity contribution in [3.05, 3.63) is 29.3 Å². The molecule has 1 aliphatic heterocycles. The minimum atomic E-state index is 0.175. The fourth-order valence-corrected chi connectivity index (χ4v) is 7.36. The third-order valence-corrected chi connectivity index (χ3v) is 8.05. The molecule has 3 heteroatoms. The number of para-hydroxylation sites is 1. The van der Waals surface area contributed by atoms with E-state index in [2.05, 4.69) is 24.3 Å². The highest BCUT2D eigenvalue weighted by atomic mass is 32.1. The van der Waals surface area contributed by atoms with Gasteiger partial charge in [0.2, 0.25) is 0 Å². The maximum Gasteiger partial charge on any atom is 0.106 e. The predicted molar refractivity (Wildman–Crippen MR) is 83.5 cm³/mol. The van der Waals surface area contributed by atoms with Crippen LogP contribution in [0.2, 0.25) is 0 Å². The maximum atomic E-state index is 6.19. The van der Waals surface area contributed by atoms with Crippen molar-refractivity contribution in [2.75, 3.05) is 6.61 Å². The zero-order valence-corrected chi connectivity index (χ0v) is 12.9. The van der Waals surface area contributed by atoms with Crippen LogP contribution in [-0.2, 0) is 10.2 Å². The van der Waals surface area contributed by atoms with Gasteiger partial charge in [-0.25, -0.2) is 4.98 Å². The topological polar surface area (TPSA) is 25.4 Å². The molecule has 3 unspecified atom stereocenters. The van der Waals surface area contributed by atoms with Crippen LogP contribution in [-0.4, -0.2) is 17.2 Å². The van der Waals surface area contributed by atoms with Gasteiger partial charge in [0.1, 0.15) is 10.6 Å². The summed E-state index contributed by atoms with van der Waals surface area (Å²) in [4.78, 5) is 5.08. The zero-order chi connectivity index (χ0) is 13.7. The van der Waals surface area contributed by atoms with Crippen molar-refractivity contribution in [1.82, 2.24) is 4.98 Å². The first-order valence-electron chi connectivity index (χ1n) is 8.29. The lowest BCUT2D eigenvalue weighted by molar-refractivity contribution is -0.0793. The molecule has 2 heterocycles. The van der Waals surface area contributed by atoms with E-state index in [0.717, 1.165) is 24.4 Å². The molecule has 5 fully saturated rings. The van der Waals surface area contributed by atoms with Gasteiger partial charge in [-0.05, 0) is 62.0 Å². The molecule has 108 valence electrons. The summed E-state index contributed by atoms with van der Waals surface area (Å²) in [7, 11) is 0. The summed E-state index contributed by atoms with van der Waals surface area (Å²) in [5.41, 5.74) is 1.61. The molecule has 7 rings (SSSR count). The maximum absolute atomic E-state index is 6.19. The van der Waals surface area contributed by atoms with Gasteiger partial charge < -0.3 is 4.74 Å². The van der Waals surface area contributed by atoms with Crippen molar-refractivity contribution in [3.8, 4) is 0 Å². The summed E-state index contributed by atoms with van der Waals surface area (Å²) in [6.45, 7) is 0.993. The third-order valence-electron chi connectivity index (χ3n) is 6.80. The summed E-state index contributed by atoms with van der Waals surface area (Å²) < 4.78 is 7.54. The average molecular weight is 297 g/mol. The lowest BCUT2D eigenvalue weighted by Gasteiger charge is -2.59. The fraction of sp³-hybridized carbons (Fsp3) is 0.611. The predicted octanol–water partition coefficient (Wildman–Crippen LogP) is 4.14. The lowest BCUT2D eigenvalue weighted by atomic mass is 9.45. The van der Waals surface area contributed by atoms with E-state index in [1.165, 1.54) is 47.3 Å². The Labute approximate surface area is 128 Å². The van der Waals surface area contributed by atoms with E-state index >= 15 is 0 Å². The number of epoxide rings is 1. The largest absolute Gasteiger partial charge is 0.368 e. The van der Waals surface area contributed by atoms with Crippen LogP contribution < -0.4 is 0 Å². The smallest absolute Gasteiger partial charge is 0.106 e. The van der Waals surface area contributed by atoms with Crippen LogP contribution in [0.15, 0.2) is 24.3 Å². The molecular formula is C18H19NOS. The first-order valence-corrected chi connectivity index (χ1v) is 9.11. The third kappa shape index (κ3) is 1.27. The molecular weight excluding hydrogens is 278 g/mol. The van der Waals surface area contributed by atoms with E-state index < -0.39 is 0 Å². The van der Waals surface area contributed by atoms with E-state index in [9.17, 15) is 0 Å². The van der Waals surface area contributed by atoms with Crippen LogP contribution in [0.1, 0.15) is 37.1 Å². The highest BCUT2D eigenvalue weighted by molar-refractivity contribution is 7.18. The van der Waals surface area contributed by atoms with Crippen LogP contribution in [0.4, 0.5) is 0 Å². The second kappa shape index (κ2) is 3.52. The second-order valence-electron chi connectivity index (χ2n) is 7.79. The van der Waals surface area contributed by atoms with Crippen LogP contribution in [0, 0.1) is 17.8 Å². The molecule has 5 aliphatic rings. The minimum absolute atomic E-state index is 0.175. The average Bonchev–Trinajstić information content (AvgIpc) is 3.16. The molecule has 5 atom stereocenters. The van der Waals surface area contributed by atoms with Gasteiger partial charge in [-0.2, -0.15) is 0 Å². The first-order chi connectivity index (χ1) is 10.3. The van der Waals surface area contributed by atoms with Gasteiger partial charge in [-0.15, -0.1) is 11.3 Å². The van der Waals surface area contributed by atoms with Crippen molar-refractivity contribution >= 4 is 21.6 Å². The van der Waals surface area contributed by atoms with E-state index in [1.807, 2.05) is 11.3 Å². The Morgan fingerprint density at radius 3 is 2.57 bits per heavy atom. The first kappa shape index (κ1) is 11.6. The Morgan fingerprint density at radius 1 is 1.10 bits per heavy atom. The molecule has 4 bridgehead atoms. The lowest BCUT2D eigenvalue weighted by Crippen LogP contribution is -2.60. The summed E-state index contributed by atoms with van der Waals surface area (Å²) in [5.74, 6) is 2.68. The number of fused-ring (bicyclic) bond motifs is 1. The number of hydrogen-bond donors (Lipinski definition) is 0. The molecule has 1 saturated heterocycles. The second-order valence-corrected chi connectivity index (χ2v) is 8.82. The van der Waals surface area contributed by atoms with Crippen molar-refractivity contribution in [1.29, 1.82) is 0 Å². The zero-order valence-electron chi connectivity index (χ0n) is 12.0. The Hall–Kier alpha value is -0.930. The molecule has 21 heavy (non-hydrogen) atoms. The number of nitrogens with zero attached hydrogens (tertiary/aromatic N) is 1. The van der Waals surface area contributed by atoms with Gasteiger partial charge in [-0.3, -0.25) is 0 Å². The fourth-order valence-electron chi connectivity index (χ4n) is 6.11. The highest BCUT2D eigenvalue weighted by Gasteiger charge is 2.73. The van der Waals surface area contributed by atoms with Crippen LogP contribution in [0.3, 0.4) is 0 Å². The van der Waals surface area contributed by atoms with Crippen LogP contribution in [0.25, 0.3) is 10.2 Å². The van der Waals surface area contributed by atoms with Gasteiger partial charge in [0.05, 0.1) is 22.2 Å². The van der Waals surface area contributed by atoms with Crippen molar-refractivity contribution in [3.63, 3.8) is 0 Å². The van der Waals surface area contributed by atoms with Crippen molar-refractivity contribution in [2.24, 2.45) is 17.8 Å². The van der Waals surface area contributed by atoms with Gasteiger partial charge in [-0.1, -0.05) is 12.1 Å². The SMILES string of the molecule is c1ccc2sc(C34C[C@@H]5CC(C[C@@H](C5)C3)C43CO3)nc2c1. The monoisotopic (exact) mass is 297 g/mol. The number of benzene rings is 1. The molecule has 1 aromatic carbocycles. The summed E-state index contributed by atoms with van der Waals surface area (Å²) in [6, 6.07) is 8.62. The quantitative estimate of drug-likeness (QED) is 0.739. The molecule has 4 saturated carbocycles. The van der Waals surface area contributed by atoms with Gasteiger partial charge in [0, 0.05) is 0 Å². The summed E-state index contributed by atoms with van der Waals surface area (Å²) in [5, 5.41) is 1.39. The molecule has 1 aromatic heterocycles. The normalized spacial score (nSPS) is 46.6. The standard InChI is InChI=1S/C18H19NOS/c1-2-4-15-14(3-1)19-16(21-15)17-8-11-5-12(9-17)7-13(6-11)18(17)10-20-18/h1-4,11-13H,5-10H2/t11-,12+,13?,17?,18?. The number of hydrogen-bond acceptors (Lipinski definition) is 3. The number of rotatable bonds is 1. The number of thiazole rings is 1. The van der Waals surface area contributed by atoms with Gasteiger partial charge in [0.15, 0.2) is 0 Å². The Bertz CT molecular complexity index is 700. The van der Waals surface area contributed by atoms with Crippen LogP contribution >= 0.6 is 11.3 Å². The van der Waals surface area contributed by atoms with Crippen molar-refractivity contribution < 1.29 is 4.74 Å². The molecule has 0 amide bonds. The van der Waals surface area contributed by atoms with Crippen molar-refractivity contribution in [2.45, 2.75) is 43.1 Å². The number of aromatic nitrogens is 1. The van der Waals surface area contributed by atoms with Gasteiger partial charge >= 0.3 is 0 Å². The van der Waals surface area contributed by atoms with Crippen LogP contribution in [0.5, 0.6) is 0 Å². The van der Waals surface area contributed by atoms with E-state index in [0.29, 0.717) is 0 Å². The molecule has 1 spiro atoms. The Morgan fingerprint density at radius 2 is 1.86 bits per heavy atom. The molecule has 2 aromatic rings. The number of ether oxygens (including phenoxy) is 1. The highest BCUT2D eigenvalue weighted by Crippen LogP contribution is 2.70. The van der Waals surface area contributed by atoms with Gasteiger partial charge in [0.25, 0.3) is 0 Å². The summed E-state index contributed by atoms with van der Waals surface area (Å²) in [6.07, 6.45) is 6.98. The van der Waals surface area contributed by atoms with E-state index in [4.69, 9.17) is 9.72 Å². The molecule has 2 nitrogen and oxygen atoms in total.